The van der Waals surface area contributed by atoms with Crippen LogP contribution in [0.4, 0.5) is 10.5 Å². The van der Waals surface area contributed by atoms with Crippen LogP contribution in [0.1, 0.15) is 43.6 Å². The number of carbonyl (C=O) groups excluding carboxylic acids is 2. The smallest absolute Gasteiger partial charge is 0.407 e. The average molecular weight is 436 g/mol. The Labute approximate surface area is 187 Å². The average Bonchev–Trinajstić information content (AvgIpc) is 2.77. The zero-order valence-corrected chi connectivity index (χ0v) is 18.8. The molecular formula is C25H29N3O4. The molecular weight excluding hydrogens is 406 g/mol. The fraction of sp³-hybridized carbons (Fsp3) is 0.320. The van der Waals surface area contributed by atoms with E-state index in [4.69, 9.17) is 4.74 Å². The number of pyridine rings is 1. The highest BCUT2D eigenvalue weighted by Crippen LogP contribution is 2.24. The number of H-pyrrole nitrogens is 1. The highest BCUT2D eigenvalue weighted by molar-refractivity contribution is 6.05. The Bertz CT molecular complexity index is 1160. The van der Waals surface area contributed by atoms with E-state index in [9.17, 15) is 14.4 Å². The summed E-state index contributed by atoms with van der Waals surface area (Å²) in [6, 6.07) is 14.4. The number of rotatable bonds is 7. The van der Waals surface area contributed by atoms with Gasteiger partial charge in [0.15, 0.2) is 0 Å². The lowest BCUT2D eigenvalue weighted by Gasteiger charge is -2.26. The summed E-state index contributed by atoms with van der Waals surface area (Å²) in [4.78, 5) is 40.1. The first-order valence-corrected chi connectivity index (χ1v) is 10.6. The van der Waals surface area contributed by atoms with E-state index in [1.54, 1.807) is 30.3 Å². The molecule has 0 aliphatic heterocycles. The van der Waals surface area contributed by atoms with Crippen LogP contribution in [-0.2, 0) is 10.2 Å². The van der Waals surface area contributed by atoms with Gasteiger partial charge in [0.05, 0.1) is 6.61 Å². The molecule has 3 aromatic rings. The predicted molar refractivity (Wildman–Crippen MR) is 126 cm³/mol. The van der Waals surface area contributed by atoms with Gasteiger partial charge < -0.3 is 20.4 Å². The number of fused-ring (bicyclic) bond motifs is 1. The monoisotopic (exact) mass is 435 g/mol. The molecule has 7 nitrogen and oxygen atoms in total. The second-order valence-corrected chi connectivity index (χ2v) is 8.84. The second kappa shape index (κ2) is 9.68. The number of anilines is 1. The summed E-state index contributed by atoms with van der Waals surface area (Å²) in [7, 11) is 0. The Balaban J connectivity index is 1.65. The Morgan fingerprint density at radius 3 is 2.44 bits per heavy atom. The summed E-state index contributed by atoms with van der Waals surface area (Å²) in [5.74, 6) is -0.194. The van der Waals surface area contributed by atoms with Crippen molar-refractivity contribution in [1.82, 2.24) is 10.3 Å². The second-order valence-electron chi connectivity index (χ2n) is 8.84. The lowest BCUT2D eigenvalue weighted by atomic mass is 9.84. The molecule has 0 saturated carbocycles. The summed E-state index contributed by atoms with van der Waals surface area (Å²) < 4.78 is 5.15. The van der Waals surface area contributed by atoms with Crippen LogP contribution >= 0.6 is 0 Å². The molecule has 0 aliphatic rings. The van der Waals surface area contributed by atoms with Crippen LogP contribution in [0, 0.1) is 5.92 Å². The first-order valence-electron chi connectivity index (χ1n) is 10.6. The SMILES string of the molecule is CC(C)COC(=O)NCC(C)(C)c1ccc(NC(=O)c2c[nH]c3ccccc3c2=O)cc1. The van der Waals surface area contributed by atoms with E-state index < -0.39 is 12.0 Å². The largest absolute Gasteiger partial charge is 0.449 e. The van der Waals surface area contributed by atoms with Gasteiger partial charge in [0.25, 0.3) is 5.91 Å². The molecule has 7 heteroatoms. The maximum Gasteiger partial charge on any atom is 0.407 e. The molecule has 1 heterocycles. The van der Waals surface area contributed by atoms with E-state index in [-0.39, 0.29) is 22.3 Å². The summed E-state index contributed by atoms with van der Waals surface area (Å²) in [5.41, 5.74) is 1.65. The number of benzene rings is 2. The number of hydrogen-bond acceptors (Lipinski definition) is 4. The minimum absolute atomic E-state index is 0.0530. The lowest BCUT2D eigenvalue weighted by Crippen LogP contribution is -2.37. The maximum absolute atomic E-state index is 12.7. The minimum atomic E-state index is -0.474. The molecule has 168 valence electrons. The van der Waals surface area contributed by atoms with Crippen molar-refractivity contribution in [3.8, 4) is 0 Å². The van der Waals surface area contributed by atoms with Gasteiger partial charge in [-0.1, -0.05) is 52.0 Å². The van der Waals surface area contributed by atoms with E-state index in [1.165, 1.54) is 6.20 Å². The van der Waals surface area contributed by atoms with E-state index in [2.05, 4.69) is 15.6 Å². The van der Waals surface area contributed by atoms with Crippen LogP contribution < -0.4 is 16.1 Å². The molecule has 0 atom stereocenters. The third-order valence-electron chi connectivity index (χ3n) is 5.18. The van der Waals surface area contributed by atoms with Crippen LogP contribution in [0.15, 0.2) is 59.5 Å². The van der Waals surface area contributed by atoms with Crippen LogP contribution in [0.5, 0.6) is 0 Å². The van der Waals surface area contributed by atoms with Crippen molar-refractivity contribution in [3.05, 3.63) is 76.1 Å². The van der Waals surface area contributed by atoms with E-state index >= 15 is 0 Å². The van der Waals surface area contributed by atoms with Crippen LogP contribution in [-0.4, -0.2) is 30.1 Å². The molecule has 2 aromatic carbocycles. The van der Waals surface area contributed by atoms with Gasteiger partial charge in [0.2, 0.25) is 5.43 Å². The first kappa shape index (κ1) is 23.1. The molecule has 0 aliphatic carbocycles. The minimum Gasteiger partial charge on any atom is -0.449 e. The molecule has 0 unspecified atom stereocenters. The normalized spacial score (nSPS) is 11.4. The van der Waals surface area contributed by atoms with Crippen molar-refractivity contribution in [2.24, 2.45) is 5.92 Å². The standard InChI is InChI=1S/C25H29N3O4/c1-16(2)14-32-24(31)27-15-25(3,4)17-9-11-18(12-10-17)28-23(30)20-13-26-21-8-6-5-7-19(21)22(20)29/h5-13,16H,14-15H2,1-4H3,(H,26,29)(H,27,31)(H,28,30). The van der Waals surface area contributed by atoms with Crippen molar-refractivity contribution in [2.45, 2.75) is 33.1 Å². The first-order chi connectivity index (χ1) is 15.2. The highest BCUT2D eigenvalue weighted by Gasteiger charge is 2.22. The summed E-state index contributed by atoms with van der Waals surface area (Å²) >= 11 is 0. The van der Waals surface area contributed by atoms with Crippen LogP contribution in [0.3, 0.4) is 0 Å². The summed E-state index contributed by atoms with van der Waals surface area (Å²) in [6.45, 7) is 8.76. The molecule has 1 aromatic heterocycles. The predicted octanol–water partition coefficient (Wildman–Crippen LogP) is 4.44. The Morgan fingerprint density at radius 1 is 1.06 bits per heavy atom. The van der Waals surface area contributed by atoms with Crippen LogP contribution in [0.2, 0.25) is 0 Å². The van der Waals surface area contributed by atoms with Crippen molar-refractivity contribution >= 4 is 28.6 Å². The number of para-hydroxylation sites is 1. The van der Waals surface area contributed by atoms with Gasteiger partial charge in [0.1, 0.15) is 5.56 Å². The van der Waals surface area contributed by atoms with Crippen molar-refractivity contribution in [1.29, 1.82) is 0 Å². The van der Waals surface area contributed by atoms with Gasteiger partial charge in [-0.15, -0.1) is 0 Å². The Morgan fingerprint density at radius 2 is 1.75 bits per heavy atom. The third kappa shape index (κ3) is 5.55. The fourth-order valence-electron chi connectivity index (χ4n) is 3.23. The van der Waals surface area contributed by atoms with Crippen molar-refractivity contribution in [3.63, 3.8) is 0 Å². The van der Waals surface area contributed by atoms with Gasteiger partial charge in [-0.25, -0.2) is 4.79 Å². The fourth-order valence-corrected chi connectivity index (χ4v) is 3.23. The zero-order valence-electron chi connectivity index (χ0n) is 18.8. The molecule has 32 heavy (non-hydrogen) atoms. The van der Waals surface area contributed by atoms with E-state index in [1.807, 2.05) is 45.9 Å². The van der Waals surface area contributed by atoms with Gasteiger partial charge in [-0.2, -0.15) is 0 Å². The Kier molecular flexibility index (Phi) is 6.98. The van der Waals surface area contributed by atoms with Crippen molar-refractivity contribution in [2.75, 3.05) is 18.5 Å². The number of carbonyl (C=O) groups is 2. The van der Waals surface area contributed by atoms with Gasteiger partial charge in [0, 0.05) is 34.7 Å². The number of alkyl carbamates (subject to hydrolysis) is 1. The zero-order chi connectivity index (χ0) is 23.3. The molecule has 0 bridgehead atoms. The lowest BCUT2D eigenvalue weighted by molar-refractivity contribution is 0.102. The van der Waals surface area contributed by atoms with Gasteiger partial charge >= 0.3 is 6.09 Å². The number of aromatic nitrogens is 1. The quantitative estimate of drug-likeness (QED) is 0.511. The Hall–Kier alpha value is -3.61. The molecule has 0 fully saturated rings. The molecule has 3 N–H and O–H groups in total. The number of amides is 2. The highest BCUT2D eigenvalue weighted by atomic mass is 16.5. The third-order valence-corrected chi connectivity index (χ3v) is 5.18. The van der Waals surface area contributed by atoms with Crippen molar-refractivity contribution < 1.29 is 14.3 Å². The summed E-state index contributed by atoms with van der Waals surface area (Å²) in [5, 5.41) is 6.04. The molecule has 0 spiro atoms. The molecule has 3 rings (SSSR count). The van der Waals surface area contributed by atoms with Gasteiger partial charge in [-0.05, 0) is 35.7 Å². The molecule has 0 saturated heterocycles. The maximum atomic E-state index is 12.7. The van der Waals surface area contributed by atoms with E-state index in [0.717, 1.165) is 5.56 Å². The number of aromatic amines is 1. The van der Waals surface area contributed by atoms with Gasteiger partial charge in [-0.3, -0.25) is 9.59 Å². The molecule has 0 radical (unpaired) electrons. The van der Waals surface area contributed by atoms with Crippen LogP contribution in [0.25, 0.3) is 10.9 Å². The number of ether oxygens (including phenoxy) is 1. The molecule has 2 amide bonds. The van der Waals surface area contributed by atoms with E-state index in [0.29, 0.717) is 29.7 Å². The number of nitrogens with one attached hydrogen (secondary N) is 3. The number of hydrogen-bond donors (Lipinski definition) is 3. The summed E-state index contributed by atoms with van der Waals surface area (Å²) in [6.07, 6.45) is 0.998. The topological polar surface area (TPSA) is 100 Å².